The van der Waals surface area contributed by atoms with Gasteiger partial charge < -0.3 is 15.2 Å². The molecule has 1 aromatic carbocycles. The Balaban J connectivity index is 2.72. The predicted molar refractivity (Wildman–Crippen MR) is 58.6 cm³/mol. The molecule has 0 bridgehead atoms. The molecule has 0 aliphatic heterocycles. The third kappa shape index (κ3) is 3.98. The van der Waals surface area contributed by atoms with Crippen LogP contribution in [0.25, 0.3) is 0 Å². The van der Waals surface area contributed by atoms with Crippen LogP contribution in [0.15, 0.2) is 18.2 Å². The van der Waals surface area contributed by atoms with Gasteiger partial charge in [0.1, 0.15) is 5.75 Å². The summed E-state index contributed by atoms with van der Waals surface area (Å²) >= 11 is 5.70. The predicted octanol–water partition coefficient (Wildman–Crippen LogP) is 2.68. The maximum atomic E-state index is 12.1. The molecule has 1 rings (SSSR count). The first-order chi connectivity index (χ1) is 7.84. The van der Waals surface area contributed by atoms with Gasteiger partial charge in [-0.2, -0.15) is 13.2 Å². The van der Waals surface area contributed by atoms with E-state index in [0.29, 0.717) is 16.5 Å². The molecule has 7 heteroatoms. The molecule has 0 heterocycles. The highest BCUT2D eigenvalue weighted by molar-refractivity contribution is 6.30. The zero-order chi connectivity index (χ0) is 13.1. The van der Waals surface area contributed by atoms with E-state index >= 15 is 0 Å². The van der Waals surface area contributed by atoms with Crippen LogP contribution in [0.3, 0.4) is 0 Å². The second-order valence-electron chi connectivity index (χ2n) is 3.28. The third-order valence-electron chi connectivity index (χ3n) is 2.03. The van der Waals surface area contributed by atoms with Crippen LogP contribution in [-0.2, 0) is 0 Å². The zero-order valence-electron chi connectivity index (χ0n) is 8.88. The molecule has 0 amide bonds. The van der Waals surface area contributed by atoms with Crippen molar-refractivity contribution in [2.45, 2.75) is 12.3 Å². The van der Waals surface area contributed by atoms with Crippen molar-refractivity contribution in [3.8, 4) is 5.75 Å². The monoisotopic (exact) mass is 269 g/mol. The molecule has 1 aromatic rings. The van der Waals surface area contributed by atoms with Gasteiger partial charge >= 0.3 is 6.18 Å². The molecule has 0 aromatic heterocycles. The van der Waals surface area contributed by atoms with E-state index in [0.717, 1.165) is 0 Å². The summed E-state index contributed by atoms with van der Waals surface area (Å²) in [5.41, 5.74) is 0.295. The van der Waals surface area contributed by atoms with Crippen LogP contribution in [0.1, 0.15) is 0 Å². The Bertz CT molecular complexity index is 384. The Morgan fingerprint density at radius 2 is 2.12 bits per heavy atom. The van der Waals surface area contributed by atoms with E-state index in [9.17, 15) is 13.2 Å². The van der Waals surface area contributed by atoms with E-state index in [4.69, 9.17) is 21.4 Å². The fourth-order valence-electron chi connectivity index (χ4n) is 1.14. The number of benzene rings is 1. The van der Waals surface area contributed by atoms with Crippen molar-refractivity contribution in [1.82, 2.24) is 0 Å². The van der Waals surface area contributed by atoms with Gasteiger partial charge in [0, 0.05) is 11.6 Å². The molecule has 0 saturated carbocycles. The minimum Gasteiger partial charge on any atom is -0.495 e. The summed E-state index contributed by atoms with van der Waals surface area (Å²) in [6, 6.07) is 4.49. The molecular formula is C10H11ClF3NO2. The van der Waals surface area contributed by atoms with Gasteiger partial charge in [0.05, 0.1) is 12.8 Å². The summed E-state index contributed by atoms with van der Waals surface area (Å²) in [5, 5.41) is 11.6. The van der Waals surface area contributed by atoms with Crippen LogP contribution in [0.4, 0.5) is 18.9 Å². The fourth-order valence-corrected chi connectivity index (χ4v) is 1.31. The van der Waals surface area contributed by atoms with Crippen molar-refractivity contribution in [2.75, 3.05) is 19.0 Å². The highest BCUT2D eigenvalue weighted by atomic mass is 35.5. The normalized spacial score (nSPS) is 13.3. The molecule has 1 unspecified atom stereocenters. The lowest BCUT2D eigenvalue weighted by atomic mass is 10.2. The Kier molecular flexibility index (Phi) is 4.47. The Morgan fingerprint density at radius 1 is 1.47 bits per heavy atom. The van der Waals surface area contributed by atoms with Crippen LogP contribution in [0.5, 0.6) is 5.75 Å². The number of aliphatic hydroxyl groups excluding tert-OH is 1. The maximum Gasteiger partial charge on any atom is 0.416 e. The van der Waals surface area contributed by atoms with Crippen LogP contribution < -0.4 is 10.1 Å². The second kappa shape index (κ2) is 5.46. The van der Waals surface area contributed by atoms with Crippen LogP contribution in [0.2, 0.25) is 5.02 Å². The van der Waals surface area contributed by atoms with Crippen molar-refractivity contribution in [3.05, 3.63) is 23.2 Å². The lowest BCUT2D eigenvalue weighted by molar-refractivity contribution is -0.198. The summed E-state index contributed by atoms with van der Waals surface area (Å²) in [4.78, 5) is 0. The number of halogens is 4. The van der Waals surface area contributed by atoms with E-state index < -0.39 is 18.8 Å². The van der Waals surface area contributed by atoms with E-state index in [1.807, 2.05) is 0 Å². The van der Waals surface area contributed by atoms with Gasteiger partial charge in [-0.05, 0) is 18.2 Å². The molecule has 0 spiro atoms. The van der Waals surface area contributed by atoms with Gasteiger partial charge in [0.15, 0.2) is 6.10 Å². The summed E-state index contributed by atoms with van der Waals surface area (Å²) in [7, 11) is 1.38. The summed E-state index contributed by atoms with van der Waals surface area (Å²) < 4.78 is 41.1. The highest BCUT2D eigenvalue weighted by Crippen LogP contribution is 2.28. The van der Waals surface area contributed by atoms with Crippen molar-refractivity contribution in [1.29, 1.82) is 0 Å². The van der Waals surface area contributed by atoms with Gasteiger partial charge in [0.25, 0.3) is 0 Å². The average molecular weight is 270 g/mol. The van der Waals surface area contributed by atoms with Crippen LogP contribution in [-0.4, -0.2) is 31.0 Å². The van der Waals surface area contributed by atoms with Crippen molar-refractivity contribution >= 4 is 17.3 Å². The van der Waals surface area contributed by atoms with Crippen LogP contribution in [0, 0.1) is 0 Å². The smallest absolute Gasteiger partial charge is 0.416 e. The molecule has 96 valence electrons. The SMILES string of the molecule is COc1ccc(Cl)cc1NCC(O)C(F)(F)F. The molecule has 17 heavy (non-hydrogen) atoms. The number of nitrogens with one attached hydrogen (secondary N) is 1. The van der Waals surface area contributed by atoms with Crippen molar-refractivity contribution in [3.63, 3.8) is 0 Å². The number of hydrogen-bond acceptors (Lipinski definition) is 3. The molecule has 1 atom stereocenters. The molecule has 0 fully saturated rings. The second-order valence-corrected chi connectivity index (χ2v) is 3.72. The molecule has 0 saturated heterocycles. The first-order valence-corrected chi connectivity index (χ1v) is 5.04. The van der Waals surface area contributed by atoms with Crippen molar-refractivity contribution < 1.29 is 23.0 Å². The molecule has 0 aliphatic rings. The minimum absolute atomic E-state index is 0.295. The summed E-state index contributed by atoms with van der Waals surface area (Å²) in [6.07, 6.45) is -7.09. The largest absolute Gasteiger partial charge is 0.495 e. The lowest BCUT2D eigenvalue weighted by Gasteiger charge is -2.17. The van der Waals surface area contributed by atoms with E-state index in [1.54, 1.807) is 6.07 Å². The van der Waals surface area contributed by atoms with Gasteiger partial charge in [-0.3, -0.25) is 0 Å². The third-order valence-corrected chi connectivity index (χ3v) is 2.26. The summed E-state index contributed by atoms with van der Waals surface area (Å²) in [5.74, 6) is 0.351. The number of rotatable bonds is 4. The van der Waals surface area contributed by atoms with E-state index in [1.165, 1.54) is 19.2 Å². The zero-order valence-corrected chi connectivity index (χ0v) is 9.64. The number of aliphatic hydroxyl groups is 1. The molecule has 2 N–H and O–H groups in total. The fraction of sp³-hybridized carbons (Fsp3) is 0.400. The molecule has 0 radical (unpaired) electrons. The van der Waals surface area contributed by atoms with Crippen LogP contribution >= 0.6 is 11.6 Å². The Hall–Kier alpha value is -1.14. The van der Waals surface area contributed by atoms with Crippen molar-refractivity contribution in [2.24, 2.45) is 0 Å². The molecular weight excluding hydrogens is 259 g/mol. The first-order valence-electron chi connectivity index (χ1n) is 4.67. The first kappa shape index (κ1) is 13.9. The molecule has 0 aliphatic carbocycles. The maximum absolute atomic E-state index is 12.1. The topological polar surface area (TPSA) is 41.5 Å². The number of anilines is 1. The molecule has 3 nitrogen and oxygen atoms in total. The summed E-state index contributed by atoms with van der Waals surface area (Å²) in [6.45, 7) is -0.666. The Morgan fingerprint density at radius 3 is 2.65 bits per heavy atom. The number of alkyl halides is 3. The average Bonchev–Trinajstić information content (AvgIpc) is 2.24. The lowest BCUT2D eigenvalue weighted by Crippen LogP contribution is -2.35. The quantitative estimate of drug-likeness (QED) is 0.883. The van der Waals surface area contributed by atoms with E-state index in [2.05, 4.69) is 5.32 Å². The number of hydrogen-bond donors (Lipinski definition) is 2. The van der Waals surface area contributed by atoms with Gasteiger partial charge in [-0.15, -0.1) is 0 Å². The Labute approximate surface area is 101 Å². The van der Waals surface area contributed by atoms with Gasteiger partial charge in [-0.25, -0.2) is 0 Å². The standard InChI is InChI=1S/C10H11ClF3NO2/c1-17-8-3-2-6(11)4-7(8)15-5-9(16)10(12,13)14/h2-4,9,15-16H,5H2,1H3. The van der Waals surface area contributed by atoms with Gasteiger partial charge in [-0.1, -0.05) is 11.6 Å². The van der Waals surface area contributed by atoms with E-state index in [-0.39, 0.29) is 0 Å². The highest BCUT2D eigenvalue weighted by Gasteiger charge is 2.37. The number of methoxy groups -OCH3 is 1. The minimum atomic E-state index is -4.65. The number of ether oxygens (including phenoxy) is 1. The van der Waals surface area contributed by atoms with Gasteiger partial charge in [0.2, 0.25) is 0 Å².